The van der Waals surface area contributed by atoms with Crippen LogP contribution in [-0.2, 0) is 9.59 Å². The average molecular weight is 358 g/mol. The molecule has 136 valence electrons. The Balaban J connectivity index is 0.000000201. The molecule has 0 aliphatic carbocycles. The van der Waals surface area contributed by atoms with E-state index < -0.39 is 0 Å². The van der Waals surface area contributed by atoms with E-state index in [4.69, 9.17) is 29.5 Å². The highest BCUT2D eigenvalue weighted by atomic mass is 16.6. The van der Waals surface area contributed by atoms with Crippen molar-refractivity contribution >= 4 is 25.1 Å². The van der Waals surface area contributed by atoms with Crippen molar-refractivity contribution in [1.82, 2.24) is 11.0 Å². The third kappa shape index (κ3) is 7.09. The number of rotatable bonds is 0. The van der Waals surface area contributed by atoms with Crippen molar-refractivity contribution in [2.45, 2.75) is 0 Å². The molecule has 4 N–H and O–H groups in total. The Hall–Kier alpha value is -3.94. The van der Waals surface area contributed by atoms with Gasteiger partial charge in [0.15, 0.2) is 11.5 Å². The second-order valence-corrected chi connectivity index (χ2v) is 4.39. The van der Waals surface area contributed by atoms with Gasteiger partial charge in [-0.05, 0) is 24.3 Å². The normalized spacial score (nSPS) is 11.1. The van der Waals surface area contributed by atoms with Gasteiger partial charge >= 0.3 is 0 Å². The molecule has 2 aliphatic rings. The first-order valence-corrected chi connectivity index (χ1v) is 7.28. The number of hydrogen-bond donors (Lipinski definition) is 4. The van der Waals surface area contributed by atoms with Crippen molar-refractivity contribution in [3.8, 4) is 11.5 Å². The minimum absolute atomic E-state index is 0.250. The van der Waals surface area contributed by atoms with Crippen LogP contribution in [0.1, 0.15) is 11.1 Å². The number of fused-ring (bicyclic) bond motifs is 2. The zero-order chi connectivity index (χ0) is 19.0. The Kier molecular flexibility index (Phi) is 9.65. The van der Waals surface area contributed by atoms with E-state index in [1.165, 1.54) is 0 Å². The van der Waals surface area contributed by atoms with Gasteiger partial charge in [0.2, 0.25) is 0 Å². The van der Waals surface area contributed by atoms with Crippen LogP contribution >= 0.6 is 0 Å². The van der Waals surface area contributed by atoms with E-state index >= 15 is 0 Å². The summed E-state index contributed by atoms with van der Waals surface area (Å²) in [5, 5.41) is 13.8. The molecule has 0 saturated carbocycles. The summed E-state index contributed by atoms with van der Waals surface area (Å²) in [7, 11) is 0. The molecule has 0 amide bonds. The van der Waals surface area contributed by atoms with E-state index in [1.807, 2.05) is 60.7 Å². The highest BCUT2D eigenvalue weighted by Crippen LogP contribution is 2.21. The second kappa shape index (κ2) is 12.5. The van der Waals surface area contributed by atoms with Gasteiger partial charge in [-0.3, -0.25) is 9.59 Å². The fourth-order valence-corrected chi connectivity index (χ4v) is 1.86. The lowest BCUT2D eigenvalue weighted by molar-refractivity contribution is -0.123. The van der Waals surface area contributed by atoms with Crippen LogP contribution in [0, 0.1) is 0 Å². The summed E-state index contributed by atoms with van der Waals surface area (Å²) < 4.78 is 0. The van der Waals surface area contributed by atoms with Crippen LogP contribution in [0.3, 0.4) is 0 Å². The summed E-state index contributed by atoms with van der Waals surface area (Å²) in [6.45, 7) is -0.500. The van der Waals surface area contributed by atoms with Crippen LogP contribution in [0.15, 0.2) is 60.9 Å². The molecule has 0 unspecified atom stereocenters. The Bertz CT molecular complexity index is 682. The van der Waals surface area contributed by atoms with Crippen LogP contribution in [-0.4, -0.2) is 23.2 Å². The molecule has 0 aromatic heterocycles. The molecule has 0 radical (unpaired) electrons. The molecule has 2 aromatic carbocycles. The molecule has 0 spiro atoms. The van der Waals surface area contributed by atoms with Crippen molar-refractivity contribution in [2.75, 3.05) is 0 Å². The number of nitrogens with one attached hydrogen (secondary N) is 2. The quantitative estimate of drug-likeness (QED) is 0.531. The third-order valence-corrected chi connectivity index (χ3v) is 2.84. The molecule has 8 nitrogen and oxygen atoms in total. The molecular weight excluding hydrogens is 340 g/mol. The van der Waals surface area contributed by atoms with E-state index in [0.29, 0.717) is 0 Å². The van der Waals surface area contributed by atoms with Gasteiger partial charge in [-0.25, -0.2) is 11.0 Å². The maximum atomic E-state index is 8.36. The average Bonchev–Trinajstić information content (AvgIpc) is 2.70. The number of carbonyl (C=O) groups is 2. The molecule has 0 fully saturated rings. The smallest absolute Gasteiger partial charge is 0.290 e. The monoisotopic (exact) mass is 358 g/mol. The van der Waals surface area contributed by atoms with E-state index in [2.05, 4.69) is 11.0 Å². The van der Waals surface area contributed by atoms with Crippen LogP contribution < -0.4 is 20.6 Å². The zero-order valence-corrected chi connectivity index (χ0v) is 13.6. The summed E-state index contributed by atoms with van der Waals surface area (Å²) in [4.78, 5) is 26.9. The van der Waals surface area contributed by atoms with E-state index in [0.717, 1.165) is 22.6 Å². The fraction of sp³-hybridized carbons (Fsp3) is 0. The summed E-state index contributed by atoms with van der Waals surface area (Å²) >= 11 is 0. The first-order valence-electron chi connectivity index (χ1n) is 7.28. The second-order valence-electron chi connectivity index (χ2n) is 4.39. The first-order chi connectivity index (χ1) is 12.8. The summed E-state index contributed by atoms with van der Waals surface area (Å²) in [5.41, 5.74) is 7.55. The highest BCUT2D eigenvalue weighted by molar-refractivity contribution is 5.58. The number of benzene rings is 2. The number of carboxylic acid groups (broad SMARTS) is 2. The summed E-state index contributed by atoms with van der Waals surface area (Å²) in [5.74, 6) is 1.76. The molecule has 26 heavy (non-hydrogen) atoms. The fourth-order valence-electron chi connectivity index (χ4n) is 1.86. The van der Waals surface area contributed by atoms with E-state index in [9.17, 15) is 0 Å². The lowest BCUT2D eigenvalue weighted by atomic mass is 10.2. The van der Waals surface area contributed by atoms with Gasteiger partial charge in [0, 0.05) is 23.5 Å². The SMILES string of the molecule is C1=Cc2ccccc2ON1.C1=Cc2ccccc2ON1.O=CO.O=CO. The number of hydroxylamine groups is 2. The highest BCUT2D eigenvalue weighted by Gasteiger charge is 2.02. The standard InChI is InChI=1S/2C8H7NO.2CH2O2/c2*1-2-4-8-7(3-1)5-6-9-10-8;2*2-1-3/h2*1-6,9H;2*1H,(H,2,3). The number of para-hydroxylation sites is 2. The molecule has 2 heterocycles. The Labute approximate surface area is 149 Å². The maximum Gasteiger partial charge on any atom is 0.290 e. The van der Waals surface area contributed by atoms with Gasteiger partial charge in [0.05, 0.1) is 0 Å². The Morgan fingerprint density at radius 3 is 1.38 bits per heavy atom. The predicted octanol–water partition coefficient (Wildman–Crippen LogP) is 2.51. The molecule has 0 atom stereocenters. The van der Waals surface area contributed by atoms with Crippen LogP contribution in [0.4, 0.5) is 0 Å². The molecule has 2 aliphatic heterocycles. The molecule has 8 heteroatoms. The van der Waals surface area contributed by atoms with Gasteiger partial charge in [-0.1, -0.05) is 36.4 Å². The first kappa shape index (κ1) is 20.1. The molecule has 2 aromatic rings. The third-order valence-electron chi connectivity index (χ3n) is 2.84. The van der Waals surface area contributed by atoms with Gasteiger partial charge in [-0.15, -0.1) is 0 Å². The minimum atomic E-state index is -0.250. The molecule has 0 bridgehead atoms. The molecule has 0 saturated heterocycles. The number of hydrogen-bond acceptors (Lipinski definition) is 6. The summed E-state index contributed by atoms with van der Waals surface area (Å²) in [6.07, 6.45) is 7.47. The topological polar surface area (TPSA) is 117 Å². The van der Waals surface area contributed by atoms with Crippen molar-refractivity contribution in [1.29, 1.82) is 0 Å². The van der Waals surface area contributed by atoms with Crippen molar-refractivity contribution < 1.29 is 29.5 Å². The lowest BCUT2D eigenvalue weighted by Crippen LogP contribution is -2.13. The Morgan fingerprint density at radius 1 is 0.692 bits per heavy atom. The van der Waals surface area contributed by atoms with Gasteiger partial charge < -0.3 is 19.9 Å². The van der Waals surface area contributed by atoms with Crippen LogP contribution in [0.5, 0.6) is 11.5 Å². The maximum absolute atomic E-state index is 8.36. The van der Waals surface area contributed by atoms with Crippen LogP contribution in [0.25, 0.3) is 12.2 Å². The van der Waals surface area contributed by atoms with E-state index in [1.54, 1.807) is 12.4 Å². The molecule has 4 rings (SSSR count). The Morgan fingerprint density at radius 2 is 1.04 bits per heavy atom. The lowest BCUT2D eigenvalue weighted by Gasteiger charge is -2.11. The van der Waals surface area contributed by atoms with E-state index in [-0.39, 0.29) is 12.9 Å². The van der Waals surface area contributed by atoms with Gasteiger partial charge in [-0.2, -0.15) is 0 Å². The minimum Gasteiger partial charge on any atom is -0.483 e. The predicted molar refractivity (Wildman–Crippen MR) is 95.9 cm³/mol. The summed E-state index contributed by atoms with van der Waals surface area (Å²) in [6, 6.07) is 15.7. The largest absolute Gasteiger partial charge is 0.483 e. The van der Waals surface area contributed by atoms with Gasteiger partial charge in [0.25, 0.3) is 12.9 Å². The molecular formula is C18H18N2O6. The van der Waals surface area contributed by atoms with Gasteiger partial charge in [0.1, 0.15) is 0 Å². The van der Waals surface area contributed by atoms with Crippen molar-refractivity contribution in [2.24, 2.45) is 0 Å². The van der Waals surface area contributed by atoms with Crippen molar-refractivity contribution in [3.63, 3.8) is 0 Å². The van der Waals surface area contributed by atoms with Crippen LogP contribution in [0.2, 0.25) is 0 Å². The zero-order valence-electron chi connectivity index (χ0n) is 13.6. The van der Waals surface area contributed by atoms with Crippen molar-refractivity contribution in [3.05, 3.63) is 72.1 Å².